The van der Waals surface area contributed by atoms with Crippen LogP contribution in [-0.2, 0) is 21.3 Å². The average Bonchev–Trinajstić information content (AvgIpc) is 3.16. The number of rotatable bonds is 7. The Bertz CT molecular complexity index is 1390. The summed E-state index contributed by atoms with van der Waals surface area (Å²) in [5.74, 6) is -1.58. The standard InChI is InChI=1S/C24H27F2N3O4S2/c1-3-33-13-12-29-22-20(26)14-18(25)15-21(22)34-24(29)27-23(30)17-4-6-19(7-5-17)35(31,32)28-10-8-16(2)9-11-28/h4-7,14-16H,3,8-13H2,1-2H3. The van der Waals surface area contributed by atoms with Crippen LogP contribution in [0.15, 0.2) is 46.3 Å². The lowest BCUT2D eigenvalue weighted by atomic mass is 10.0. The van der Waals surface area contributed by atoms with Gasteiger partial charge in [0.15, 0.2) is 10.6 Å². The molecular formula is C24H27F2N3O4S2. The van der Waals surface area contributed by atoms with Gasteiger partial charge in [0.2, 0.25) is 10.0 Å². The van der Waals surface area contributed by atoms with Gasteiger partial charge in [-0.15, -0.1) is 0 Å². The fourth-order valence-electron chi connectivity index (χ4n) is 4.02. The Morgan fingerprint density at radius 3 is 2.51 bits per heavy atom. The number of nitrogens with zero attached hydrogens (tertiary/aromatic N) is 3. The van der Waals surface area contributed by atoms with E-state index in [0.717, 1.165) is 30.2 Å². The first-order valence-corrected chi connectivity index (χ1v) is 13.7. The molecule has 0 spiro atoms. The fourth-order valence-corrected chi connectivity index (χ4v) is 6.58. The third kappa shape index (κ3) is 5.53. The molecule has 7 nitrogen and oxygen atoms in total. The van der Waals surface area contributed by atoms with Gasteiger partial charge in [0, 0.05) is 37.9 Å². The SMILES string of the molecule is CCOCCn1c(=NC(=O)c2ccc(S(=O)(=O)N3CCC(C)CC3)cc2)sc2cc(F)cc(F)c21. The highest BCUT2D eigenvalue weighted by molar-refractivity contribution is 7.89. The molecule has 0 N–H and O–H groups in total. The van der Waals surface area contributed by atoms with Crippen molar-refractivity contribution in [2.24, 2.45) is 10.9 Å². The summed E-state index contributed by atoms with van der Waals surface area (Å²) in [6, 6.07) is 7.63. The molecule has 0 atom stereocenters. The summed E-state index contributed by atoms with van der Waals surface area (Å²) in [7, 11) is -3.63. The quantitative estimate of drug-likeness (QED) is 0.435. The minimum absolute atomic E-state index is 0.120. The molecule has 0 saturated carbocycles. The Balaban J connectivity index is 1.64. The molecule has 11 heteroatoms. The van der Waals surface area contributed by atoms with Crippen LogP contribution in [0.2, 0.25) is 0 Å². The Hall–Kier alpha value is -2.47. The zero-order valence-corrected chi connectivity index (χ0v) is 21.2. The van der Waals surface area contributed by atoms with E-state index in [9.17, 15) is 22.0 Å². The number of halogens is 2. The van der Waals surface area contributed by atoms with Crippen LogP contribution >= 0.6 is 11.3 Å². The molecule has 188 valence electrons. The number of benzene rings is 2. The van der Waals surface area contributed by atoms with Gasteiger partial charge in [-0.1, -0.05) is 18.3 Å². The highest BCUT2D eigenvalue weighted by Crippen LogP contribution is 2.24. The number of carbonyl (C=O) groups is 1. The predicted molar refractivity (Wildman–Crippen MR) is 130 cm³/mol. The van der Waals surface area contributed by atoms with Crippen molar-refractivity contribution in [3.63, 3.8) is 0 Å². The third-order valence-corrected chi connectivity index (χ3v) is 8.98. The van der Waals surface area contributed by atoms with Crippen LogP contribution < -0.4 is 4.80 Å². The highest BCUT2D eigenvalue weighted by Gasteiger charge is 2.28. The van der Waals surface area contributed by atoms with E-state index < -0.39 is 27.6 Å². The number of sulfonamides is 1. The summed E-state index contributed by atoms with van der Waals surface area (Å²) < 4.78 is 62.8. The average molecular weight is 524 g/mol. The molecule has 0 aliphatic carbocycles. The van der Waals surface area contributed by atoms with E-state index in [2.05, 4.69) is 11.9 Å². The van der Waals surface area contributed by atoms with Gasteiger partial charge in [-0.2, -0.15) is 9.30 Å². The number of hydrogen-bond acceptors (Lipinski definition) is 5. The summed E-state index contributed by atoms with van der Waals surface area (Å²) in [6.07, 6.45) is 1.63. The van der Waals surface area contributed by atoms with E-state index in [1.165, 1.54) is 39.2 Å². The van der Waals surface area contributed by atoms with Crippen molar-refractivity contribution in [3.05, 3.63) is 58.4 Å². The molecule has 4 rings (SSSR count). The lowest BCUT2D eigenvalue weighted by Gasteiger charge is -2.29. The lowest BCUT2D eigenvalue weighted by Crippen LogP contribution is -2.37. The summed E-state index contributed by atoms with van der Waals surface area (Å²) in [4.78, 5) is 17.4. The Labute approximate surface area is 206 Å². The molecular weight excluding hydrogens is 496 g/mol. The highest BCUT2D eigenvalue weighted by atomic mass is 32.2. The van der Waals surface area contributed by atoms with Crippen molar-refractivity contribution in [2.45, 2.75) is 38.1 Å². The molecule has 1 aliphatic rings. The number of carbonyl (C=O) groups excluding carboxylic acids is 1. The molecule has 0 unspecified atom stereocenters. The molecule has 1 saturated heterocycles. The molecule has 3 aromatic rings. The first kappa shape index (κ1) is 25.6. The molecule has 2 aromatic carbocycles. The molecule has 0 bridgehead atoms. The lowest BCUT2D eigenvalue weighted by molar-refractivity contribution is 0.0996. The normalized spacial score (nSPS) is 16.3. The van der Waals surface area contributed by atoms with Crippen molar-refractivity contribution in [1.29, 1.82) is 0 Å². The second-order valence-corrected chi connectivity index (χ2v) is 11.4. The van der Waals surface area contributed by atoms with Crippen LogP contribution in [0.4, 0.5) is 8.78 Å². The molecule has 2 heterocycles. The number of piperidine rings is 1. The summed E-state index contributed by atoms with van der Waals surface area (Å²) in [5, 5.41) is 0. The van der Waals surface area contributed by atoms with Crippen LogP contribution in [0.5, 0.6) is 0 Å². The van der Waals surface area contributed by atoms with Crippen molar-refractivity contribution < 1.29 is 26.7 Å². The largest absolute Gasteiger partial charge is 0.380 e. The van der Waals surface area contributed by atoms with Crippen LogP contribution in [0.25, 0.3) is 10.2 Å². The Kier molecular flexibility index (Phi) is 7.80. The molecule has 1 aromatic heterocycles. The number of amides is 1. The topological polar surface area (TPSA) is 81.0 Å². The minimum Gasteiger partial charge on any atom is -0.380 e. The second kappa shape index (κ2) is 10.7. The van der Waals surface area contributed by atoms with E-state index in [0.29, 0.717) is 30.3 Å². The number of ether oxygens (including phenoxy) is 1. The number of fused-ring (bicyclic) bond motifs is 1. The predicted octanol–water partition coefficient (Wildman–Crippen LogP) is 4.18. The van der Waals surface area contributed by atoms with Crippen LogP contribution in [0.1, 0.15) is 37.0 Å². The third-order valence-electron chi connectivity index (χ3n) is 6.04. The van der Waals surface area contributed by atoms with Gasteiger partial charge in [0.1, 0.15) is 5.82 Å². The van der Waals surface area contributed by atoms with Gasteiger partial charge in [0.25, 0.3) is 5.91 Å². The molecule has 1 aliphatic heterocycles. The van der Waals surface area contributed by atoms with E-state index in [1.54, 1.807) is 0 Å². The molecule has 1 amide bonds. The van der Waals surface area contributed by atoms with Crippen LogP contribution in [0.3, 0.4) is 0 Å². The fraction of sp³-hybridized carbons (Fsp3) is 0.417. The summed E-state index contributed by atoms with van der Waals surface area (Å²) in [6.45, 7) is 5.86. The van der Waals surface area contributed by atoms with Gasteiger partial charge < -0.3 is 9.30 Å². The maximum absolute atomic E-state index is 14.5. The second-order valence-electron chi connectivity index (χ2n) is 8.50. The van der Waals surface area contributed by atoms with E-state index >= 15 is 0 Å². The Morgan fingerprint density at radius 1 is 1.17 bits per heavy atom. The van der Waals surface area contributed by atoms with E-state index in [4.69, 9.17) is 4.74 Å². The van der Waals surface area contributed by atoms with E-state index in [1.807, 2.05) is 6.92 Å². The van der Waals surface area contributed by atoms with Gasteiger partial charge >= 0.3 is 0 Å². The first-order valence-electron chi connectivity index (χ1n) is 11.5. The Morgan fingerprint density at radius 2 is 1.86 bits per heavy atom. The number of thiazole rings is 1. The molecule has 35 heavy (non-hydrogen) atoms. The van der Waals surface area contributed by atoms with Gasteiger partial charge in [0.05, 0.1) is 21.7 Å². The van der Waals surface area contributed by atoms with Crippen molar-refractivity contribution in [1.82, 2.24) is 8.87 Å². The number of aromatic nitrogens is 1. The first-order chi connectivity index (χ1) is 16.7. The monoisotopic (exact) mass is 523 g/mol. The van der Waals surface area contributed by atoms with Crippen LogP contribution in [0, 0.1) is 17.6 Å². The summed E-state index contributed by atoms with van der Waals surface area (Å²) >= 11 is 0.997. The molecule has 0 radical (unpaired) electrons. The number of hydrogen-bond donors (Lipinski definition) is 0. The molecule has 1 fully saturated rings. The van der Waals surface area contributed by atoms with Crippen LogP contribution in [-0.4, -0.2) is 49.5 Å². The maximum atomic E-state index is 14.5. The zero-order valence-electron chi connectivity index (χ0n) is 19.5. The van der Waals surface area contributed by atoms with E-state index in [-0.39, 0.29) is 33.9 Å². The smallest absolute Gasteiger partial charge is 0.279 e. The van der Waals surface area contributed by atoms with Gasteiger partial charge in [-0.3, -0.25) is 4.79 Å². The summed E-state index contributed by atoms with van der Waals surface area (Å²) in [5.41, 5.74) is 0.344. The van der Waals surface area contributed by atoms with Crippen molar-refractivity contribution in [3.8, 4) is 0 Å². The van der Waals surface area contributed by atoms with Crippen molar-refractivity contribution >= 4 is 37.5 Å². The van der Waals surface area contributed by atoms with Gasteiger partial charge in [-0.05, 0) is 56.0 Å². The van der Waals surface area contributed by atoms with Gasteiger partial charge in [-0.25, -0.2) is 17.2 Å². The zero-order chi connectivity index (χ0) is 25.2. The minimum atomic E-state index is -3.63. The maximum Gasteiger partial charge on any atom is 0.279 e. The van der Waals surface area contributed by atoms with Crippen molar-refractivity contribution in [2.75, 3.05) is 26.3 Å².